The van der Waals surface area contributed by atoms with Crippen molar-refractivity contribution in [1.82, 2.24) is 9.78 Å². The first-order chi connectivity index (χ1) is 10.7. The predicted octanol–water partition coefficient (Wildman–Crippen LogP) is 2.09. The number of ether oxygens (including phenoxy) is 1. The zero-order chi connectivity index (χ0) is 15.4. The molecule has 0 atom stereocenters. The van der Waals surface area contributed by atoms with Gasteiger partial charge in [-0.15, -0.1) is 0 Å². The summed E-state index contributed by atoms with van der Waals surface area (Å²) in [4.78, 5) is 23.5. The number of rotatable bonds is 6. The number of esters is 1. The van der Waals surface area contributed by atoms with Crippen LogP contribution in [-0.4, -0.2) is 28.3 Å². The predicted molar refractivity (Wildman–Crippen MR) is 80.3 cm³/mol. The van der Waals surface area contributed by atoms with Gasteiger partial charge in [0.15, 0.2) is 0 Å². The van der Waals surface area contributed by atoms with Crippen LogP contribution in [0.1, 0.15) is 23.2 Å². The summed E-state index contributed by atoms with van der Waals surface area (Å²) in [6.45, 7) is 0.787. The summed E-state index contributed by atoms with van der Waals surface area (Å²) in [6, 6.07) is 8.54. The molecule has 0 spiro atoms. The Morgan fingerprint density at radius 3 is 2.68 bits per heavy atom. The molecular weight excluding hydrogens is 282 g/mol. The van der Waals surface area contributed by atoms with Crippen LogP contribution in [-0.2, 0) is 16.1 Å². The van der Waals surface area contributed by atoms with Crippen molar-refractivity contribution in [2.24, 2.45) is 5.92 Å². The van der Waals surface area contributed by atoms with E-state index in [4.69, 9.17) is 4.74 Å². The second-order valence-electron chi connectivity index (χ2n) is 5.25. The molecule has 6 nitrogen and oxygen atoms in total. The van der Waals surface area contributed by atoms with Crippen LogP contribution >= 0.6 is 0 Å². The molecule has 6 heteroatoms. The maximum Gasteiger partial charge on any atom is 0.338 e. The van der Waals surface area contributed by atoms with Crippen molar-refractivity contribution in [3.05, 3.63) is 48.3 Å². The zero-order valence-electron chi connectivity index (χ0n) is 12.1. The van der Waals surface area contributed by atoms with E-state index in [1.54, 1.807) is 35.1 Å². The number of aromatic nitrogens is 2. The first kappa shape index (κ1) is 14.3. The van der Waals surface area contributed by atoms with Gasteiger partial charge in [0, 0.05) is 24.0 Å². The van der Waals surface area contributed by atoms with E-state index in [0.717, 1.165) is 12.8 Å². The summed E-state index contributed by atoms with van der Waals surface area (Å²) in [7, 11) is 0. The SMILES string of the molecule is O=C(OCCn1cccn1)c1ccc(NC(=O)C2CC2)cc1. The highest BCUT2D eigenvalue weighted by Gasteiger charge is 2.29. The number of anilines is 1. The third-order valence-corrected chi connectivity index (χ3v) is 3.45. The summed E-state index contributed by atoms with van der Waals surface area (Å²) < 4.78 is 6.88. The van der Waals surface area contributed by atoms with E-state index in [1.807, 2.05) is 12.3 Å². The van der Waals surface area contributed by atoms with Crippen LogP contribution in [0.15, 0.2) is 42.7 Å². The first-order valence-electron chi connectivity index (χ1n) is 7.28. The molecule has 2 aromatic rings. The fourth-order valence-electron chi connectivity index (χ4n) is 2.03. The monoisotopic (exact) mass is 299 g/mol. The lowest BCUT2D eigenvalue weighted by Crippen LogP contribution is -2.14. The maximum absolute atomic E-state index is 11.9. The van der Waals surface area contributed by atoms with E-state index in [9.17, 15) is 9.59 Å². The van der Waals surface area contributed by atoms with Crippen molar-refractivity contribution < 1.29 is 14.3 Å². The highest BCUT2D eigenvalue weighted by atomic mass is 16.5. The lowest BCUT2D eigenvalue weighted by Gasteiger charge is -2.07. The Morgan fingerprint density at radius 2 is 2.05 bits per heavy atom. The Hall–Kier alpha value is -2.63. The van der Waals surface area contributed by atoms with Crippen LogP contribution in [0.2, 0.25) is 0 Å². The number of nitrogens with zero attached hydrogens (tertiary/aromatic N) is 2. The molecule has 0 unspecified atom stereocenters. The zero-order valence-corrected chi connectivity index (χ0v) is 12.1. The minimum Gasteiger partial charge on any atom is -0.460 e. The molecule has 1 N–H and O–H groups in total. The largest absolute Gasteiger partial charge is 0.460 e. The summed E-state index contributed by atoms with van der Waals surface area (Å²) in [5, 5.41) is 6.86. The highest BCUT2D eigenvalue weighted by molar-refractivity contribution is 5.95. The van der Waals surface area contributed by atoms with Gasteiger partial charge in [0.05, 0.1) is 12.1 Å². The van der Waals surface area contributed by atoms with Gasteiger partial charge in [-0.25, -0.2) is 4.79 Å². The molecular formula is C16H17N3O3. The van der Waals surface area contributed by atoms with Crippen molar-refractivity contribution >= 4 is 17.6 Å². The average Bonchev–Trinajstić information content (AvgIpc) is 3.26. The fourth-order valence-corrected chi connectivity index (χ4v) is 2.03. The number of carbonyl (C=O) groups is 2. The Labute approximate surface area is 128 Å². The lowest BCUT2D eigenvalue weighted by molar-refractivity contribution is -0.117. The fraction of sp³-hybridized carbons (Fsp3) is 0.312. The summed E-state index contributed by atoms with van der Waals surface area (Å²) in [6.07, 6.45) is 5.42. The number of hydrogen-bond donors (Lipinski definition) is 1. The van der Waals surface area contributed by atoms with Crippen LogP contribution in [0.5, 0.6) is 0 Å². The van der Waals surface area contributed by atoms with Gasteiger partial charge in [-0.05, 0) is 43.2 Å². The molecule has 1 aliphatic carbocycles. The maximum atomic E-state index is 11.9. The molecule has 1 aromatic heterocycles. The van der Waals surface area contributed by atoms with Gasteiger partial charge in [-0.2, -0.15) is 5.10 Å². The number of nitrogens with one attached hydrogen (secondary N) is 1. The van der Waals surface area contributed by atoms with Gasteiger partial charge in [-0.3, -0.25) is 9.48 Å². The van der Waals surface area contributed by atoms with Gasteiger partial charge >= 0.3 is 5.97 Å². The quantitative estimate of drug-likeness (QED) is 0.829. The Morgan fingerprint density at radius 1 is 1.27 bits per heavy atom. The third-order valence-electron chi connectivity index (χ3n) is 3.45. The molecule has 1 fully saturated rings. The third kappa shape index (κ3) is 3.72. The van der Waals surface area contributed by atoms with Crippen molar-refractivity contribution in [3.8, 4) is 0 Å². The second kappa shape index (κ2) is 6.43. The van der Waals surface area contributed by atoms with Gasteiger partial charge in [-0.1, -0.05) is 0 Å². The van der Waals surface area contributed by atoms with Crippen LogP contribution < -0.4 is 5.32 Å². The Bertz CT molecular complexity index is 646. The van der Waals surface area contributed by atoms with E-state index >= 15 is 0 Å². The molecule has 1 amide bonds. The molecule has 1 heterocycles. The molecule has 0 saturated heterocycles. The molecule has 0 bridgehead atoms. The minimum atomic E-state index is -0.382. The average molecular weight is 299 g/mol. The summed E-state index contributed by atoms with van der Waals surface area (Å²) in [5.74, 6) is -0.172. The van der Waals surface area contributed by atoms with Crippen molar-refractivity contribution in [2.45, 2.75) is 19.4 Å². The minimum absolute atomic E-state index is 0.0505. The van der Waals surface area contributed by atoms with Gasteiger partial charge in [0.2, 0.25) is 5.91 Å². The number of hydrogen-bond acceptors (Lipinski definition) is 4. The number of benzene rings is 1. The van der Waals surface area contributed by atoms with Crippen molar-refractivity contribution in [3.63, 3.8) is 0 Å². The molecule has 0 radical (unpaired) electrons. The van der Waals surface area contributed by atoms with Crippen LogP contribution in [0.3, 0.4) is 0 Å². The van der Waals surface area contributed by atoms with E-state index in [0.29, 0.717) is 17.8 Å². The van der Waals surface area contributed by atoms with E-state index < -0.39 is 0 Å². The topological polar surface area (TPSA) is 73.2 Å². The Balaban J connectivity index is 1.48. The Kier molecular flexibility index (Phi) is 4.18. The summed E-state index contributed by atoms with van der Waals surface area (Å²) >= 11 is 0. The van der Waals surface area contributed by atoms with Crippen LogP contribution in [0, 0.1) is 5.92 Å². The van der Waals surface area contributed by atoms with Crippen LogP contribution in [0.25, 0.3) is 0 Å². The smallest absolute Gasteiger partial charge is 0.338 e. The number of amides is 1. The highest BCUT2D eigenvalue weighted by Crippen LogP contribution is 2.30. The lowest BCUT2D eigenvalue weighted by atomic mass is 10.2. The van der Waals surface area contributed by atoms with E-state index in [1.165, 1.54) is 0 Å². The summed E-state index contributed by atoms with van der Waals surface area (Å²) in [5.41, 5.74) is 1.16. The van der Waals surface area contributed by atoms with Crippen molar-refractivity contribution in [1.29, 1.82) is 0 Å². The van der Waals surface area contributed by atoms with Crippen LogP contribution in [0.4, 0.5) is 5.69 Å². The van der Waals surface area contributed by atoms with Gasteiger partial charge < -0.3 is 10.1 Å². The van der Waals surface area contributed by atoms with E-state index in [-0.39, 0.29) is 24.4 Å². The normalized spacial score (nSPS) is 13.6. The van der Waals surface area contributed by atoms with E-state index in [2.05, 4.69) is 10.4 Å². The van der Waals surface area contributed by atoms with Gasteiger partial charge in [0.1, 0.15) is 6.61 Å². The molecule has 1 aliphatic rings. The number of carbonyl (C=O) groups excluding carboxylic acids is 2. The molecule has 3 rings (SSSR count). The standard InChI is InChI=1S/C16H17N3O3/c20-15(12-2-3-12)18-14-6-4-13(5-7-14)16(21)22-11-10-19-9-1-8-17-19/h1,4-9,12H,2-3,10-11H2,(H,18,20). The van der Waals surface area contributed by atoms with Gasteiger partial charge in [0.25, 0.3) is 0 Å². The second-order valence-corrected chi connectivity index (χ2v) is 5.25. The molecule has 1 aromatic carbocycles. The molecule has 22 heavy (non-hydrogen) atoms. The molecule has 114 valence electrons. The molecule has 1 saturated carbocycles. The molecule has 0 aliphatic heterocycles. The van der Waals surface area contributed by atoms with Crippen molar-refractivity contribution in [2.75, 3.05) is 11.9 Å². The first-order valence-corrected chi connectivity index (χ1v) is 7.28.